The van der Waals surface area contributed by atoms with Crippen molar-refractivity contribution in [2.24, 2.45) is 0 Å². The van der Waals surface area contributed by atoms with E-state index < -0.39 is 0 Å². The molecule has 0 aliphatic carbocycles. The Bertz CT molecular complexity index is 442. The second-order valence-corrected chi connectivity index (χ2v) is 3.19. The van der Waals surface area contributed by atoms with Gasteiger partial charge in [0.2, 0.25) is 5.88 Å². The summed E-state index contributed by atoms with van der Waals surface area (Å²) in [6.45, 7) is 0. The molecule has 0 fully saturated rings. The van der Waals surface area contributed by atoms with Crippen LogP contribution in [0.2, 0.25) is 0 Å². The van der Waals surface area contributed by atoms with Gasteiger partial charge in [0.25, 0.3) is 0 Å². The normalized spacial score (nSPS) is 12.4. The summed E-state index contributed by atoms with van der Waals surface area (Å²) in [5, 5.41) is 3.12. The highest BCUT2D eigenvalue weighted by molar-refractivity contribution is 5.27. The molecule has 0 aliphatic rings. The second-order valence-electron chi connectivity index (χ2n) is 3.19. The van der Waals surface area contributed by atoms with Gasteiger partial charge in [-0.1, -0.05) is 0 Å². The molecule has 0 amide bonds. The molecule has 0 bridgehead atoms. The van der Waals surface area contributed by atoms with Gasteiger partial charge in [-0.2, -0.15) is 0 Å². The average Bonchev–Trinajstić information content (AvgIpc) is 2.84. The molecule has 16 heavy (non-hydrogen) atoms. The molecule has 2 aromatic heterocycles. The molecule has 1 unspecified atom stereocenters. The monoisotopic (exact) mass is 219 g/mol. The first-order valence-electron chi connectivity index (χ1n) is 4.92. The van der Waals surface area contributed by atoms with Gasteiger partial charge in [0.05, 0.1) is 13.4 Å². The van der Waals surface area contributed by atoms with Gasteiger partial charge in [-0.15, -0.1) is 0 Å². The second kappa shape index (κ2) is 4.76. The van der Waals surface area contributed by atoms with E-state index in [2.05, 4.69) is 15.3 Å². The molecule has 5 heteroatoms. The highest BCUT2D eigenvalue weighted by Gasteiger charge is 2.20. The molecule has 0 spiro atoms. The van der Waals surface area contributed by atoms with Crippen LogP contribution in [0, 0.1) is 0 Å². The quantitative estimate of drug-likeness (QED) is 0.841. The third-order valence-corrected chi connectivity index (χ3v) is 2.27. The van der Waals surface area contributed by atoms with E-state index in [1.165, 1.54) is 0 Å². The number of hydrogen-bond acceptors (Lipinski definition) is 5. The smallest absolute Gasteiger partial charge is 0.237 e. The van der Waals surface area contributed by atoms with E-state index in [9.17, 15) is 0 Å². The lowest BCUT2D eigenvalue weighted by Gasteiger charge is -2.14. The van der Waals surface area contributed by atoms with Gasteiger partial charge < -0.3 is 14.5 Å². The Morgan fingerprint density at radius 2 is 2.19 bits per heavy atom. The first-order chi connectivity index (χ1) is 7.86. The predicted octanol–water partition coefficient (Wildman–Crippen LogP) is 1.39. The number of rotatable bonds is 4. The van der Waals surface area contributed by atoms with Crippen LogP contribution >= 0.6 is 0 Å². The number of ether oxygens (including phenoxy) is 1. The summed E-state index contributed by atoms with van der Waals surface area (Å²) in [6, 6.07) is 3.57. The Labute approximate surface area is 93.5 Å². The first kappa shape index (κ1) is 10.6. The van der Waals surface area contributed by atoms with Crippen LogP contribution in [-0.4, -0.2) is 24.1 Å². The molecule has 0 saturated carbocycles. The summed E-state index contributed by atoms with van der Waals surface area (Å²) in [4.78, 5) is 8.38. The van der Waals surface area contributed by atoms with Gasteiger partial charge in [-0.3, -0.25) is 4.98 Å². The number of nitrogens with zero attached hydrogens (tertiary/aromatic N) is 2. The molecule has 1 atom stereocenters. The van der Waals surface area contributed by atoms with E-state index in [4.69, 9.17) is 9.15 Å². The van der Waals surface area contributed by atoms with Gasteiger partial charge in [-0.05, 0) is 19.2 Å². The summed E-state index contributed by atoms with van der Waals surface area (Å²) < 4.78 is 10.5. The topological polar surface area (TPSA) is 60.2 Å². The van der Waals surface area contributed by atoms with Crippen LogP contribution in [0.5, 0.6) is 5.88 Å². The van der Waals surface area contributed by atoms with E-state index in [0.717, 1.165) is 5.76 Å². The number of nitrogens with one attached hydrogen (secondary N) is 1. The third-order valence-electron chi connectivity index (χ3n) is 2.27. The molecule has 84 valence electrons. The van der Waals surface area contributed by atoms with Crippen molar-refractivity contribution < 1.29 is 9.15 Å². The Morgan fingerprint density at radius 3 is 2.81 bits per heavy atom. The van der Waals surface area contributed by atoms with Crippen LogP contribution in [0.25, 0.3) is 0 Å². The average molecular weight is 219 g/mol. The van der Waals surface area contributed by atoms with Gasteiger partial charge in [-0.25, -0.2) is 4.98 Å². The van der Waals surface area contributed by atoms with Crippen molar-refractivity contribution in [3.63, 3.8) is 0 Å². The Morgan fingerprint density at radius 1 is 1.38 bits per heavy atom. The van der Waals surface area contributed by atoms with E-state index in [1.807, 2.05) is 19.2 Å². The molecule has 0 aliphatic heterocycles. The third kappa shape index (κ3) is 1.90. The van der Waals surface area contributed by atoms with Crippen LogP contribution in [0.3, 0.4) is 0 Å². The largest absolute Gasteiger partial charge is 0.480 e. The highest BCUT2D eigenvalue weighted by atomic mass is 16.5. The van der Waals surface area contributed by atoms with Crippen molar-refractivity contribution in [3.8, 4) is 5.88 Å². The summed E-state index contributed by atoms with van der Waals surface area (Å²) in [5.41, 5.74) is 0.711. The number of aromatic nitrogens is 2. The van der Waals surface area contributed by atoms with Crippen molar-refractivity contribution >= 4 is 0 Å². The standard InChI is InChI=1S/C11H13N3O2/c1-12-9(8-4-3-7-16-8)10-11(15-2)14-6-5-13-10/h3-7,9,12H,1-2H3. The molecule has 2 rings (SSSR count). The molecular weight excluding hydrogens is 206 g/mol. The molecule has 0 radical (unpaired) electrons. The number of hydrogen-bond donors (Lipinski definition) is 1. The summed E-state index contributed by atoms with van der Waals surface area (Å²) in [6.07, 6.45) is 4.85. The van der Waals surface area contributed by atoms with Gasteiger partial charge in [0.1, 0.15) is 17.5 Å². The minimum absolute atomic E-state index is 0.154. The summed E-state index contributed by atoms with van der Waals surface area (Å²) in [7, 11) is 3.41. The Balaban J connectivity index is 2.41. The highest BCUT2D eigenvalue weighted by Crippen LogP contribution is 2.25. The van der Waals surface area contributed by atoms with Crippen molar-refractivity contribution in [1.82, 2.24) is 15.3 Å². The lowest BCUT2D eigenvalue weighted by Crippen LogP contribution is -2.19. The van der Waals surface area contributed by atoms with Gasteiger partial charge in [0.15, 0.2) is 0 Å². The van der Waals surface area contributed by atoms with E-state index in [1.54, 1.807) is 25.8 Å². The first-order valence-corrected chi connectivity index (χ1v) is 4.92. The Kier molecular flexibility index (Phi) is 3.16. The Hall–Kier alpha value is -1.88. The maximum atomic E-state index is 5.35. The molecule has 2 heterocycles. The van der Waals surface area contributed by atoms with E-state index in [0.29, 0.717) is 11.6 Å². The number of furan rings is 1. The fraction of sp³-hybridized carbons (Fsp3) is 0.273. The van der Waals surface area contributed by atoms with Crippen LogP contribution in [0.1, 0.15) is 17.5 Å². The fourth-order valence-electron chi connectivity index (χ4n) is 1.56. The zero-order chi connectivity index (χ0) is 11.4. The minimum Gasteiger partial charge on any atom is -0.480 e. The molecule has 2 aromatic rings. The van der Waals surface area contributed by atoms with Crippen molar-refractivity contribution in [2.45, 2.75) is 6.04 Å². The lowest BCUT2D eigenvalue weighted by atomic mass is 10.1. The van der Waals surface area contributed by atoms with Crippen LogP contribution in [-0.2, 0) is 0 Å². The molecule has 0 saturated heterocycles. The van der Waals surface area contributed by atoms with Gasteiger partial charge >= 0.3 is 0 Å². The molecule has 1 N–H and O–H groups in total. The van der Waals surface area contributed by atoms with Crippen LogP contribution in [0.15, 0.2) is 35.2 Å². The SMILES string of the molecule is CNC(c1ccco1)c1nccnc1OC. The summed E-state index contributed by atoms with van der Waals surface area (Å²) >= 11 is 0. The summed E-state index contributed by atoms with van der Waals surface area (Å²) in [5.74, 6) is 1.28. The maximum Gasteiger partial charge on any atom is 0.237 e. The van der Waals surface area contributed by atoms with Crippen LogP contribution < -0.4 is 10.1 Å². The molecule has 5 nitrogen and oxygen atoms in total. The molecular formula is C11H13N3O2. The fourth-order valence-corrected chi connectivity index (χ4v) is 1.56. The maximum absolute atomic E-state index is 5.35. The number of methoxy groups -OCH3 is 1. The van der Waals surface area contributed by atoms with Crippen molar-refractivity contribution in [3.05, 3.63) is 42.2 Å². The molecule has 0 aromatic carbocycles. The van der Waals surface area contributed by atoms with Gasteiger partial charge in [0, 0.05) is 12.4 Å². The zero-order valence-electron chi connectivity index (χ0n) is 9.18. The lowest BCUT2D eigenvalue weighted by molar-refractivity contribution is 0.376. The van der Waals surface area contributed by atoms with Crippen molar-refractivity contribution in [2.75, 3.05) is 14.2 Å². The minimum atomic E-state index is -0.154. The van der Waals surface area contributed by atoms with Crippen LogP contribution in [0.4, 0.5) is 0 Å². The van der Waals surface area contributed by atoms with E-state index in [-0.39, 0.29) is 6.04 Å². The van der Waals surface area contributed by atoms with E-state index >= 15 is 0 Å². The zero-order valence-corrected chi connectivity index (χ0v) is 9.18. The van der Waals surface area contributed by atoms with Crippen molar-refractivity contribution in [1.29, 1.82) is 0 Å². The predicted molar refractivity (Wildman–Crippen MR) is 58.2 cm³/mol.